The lowest BCUT2D eigenvalue weighted by Gasteiger charge is -2.14. The van der Waals surface area contributed by atoms with Crippen LogP contribution < -0.4 is 0 Å². The molecular formula is C15H34NSi+. The fourth-order valence-electron chi connectivity index (χ4n) is 1.94. The Hall–Kier alpha value is -0.113. The molecule has 0 aliphatic heterocycles. The minimum atomic E-state index is -0.809. The molecule has 17 heavy (non-hydrogen) atoms. The van der Waals surface area contributed by atoms with E-state index in [1.165, 1.54) is 57.7 Å². The smallest absolute Gasteiger partial charge is 0.142 e. The van der Waals surface area contributed by atoms with Crippen LogP contribution in [0.2, 0.25) is 25.7 Å². The van der Waals surface area contributed by atoms with E-state index in [-0.39, 0.29) is 0 Å². The summed E-state index contributed by atoms with van der Waals surface area (Å²) in [6, 6.07) is 1.49. The van der Waals surface area contributed by atoms with Crippen molar-refractivity contribution in [2.45, 2.75) is 78.1 Å². The van der Waals surface area contributed by atoms with E-state index < -0.39 is 8.07 Å². The SMILES string of the molecule is CCCC=[N+](CCCC)CCCC[Si](C)(C)C. The van der Waals surface area contributed by atoms with Gasteiger partial charge in [-0.05, 0) is 12.8 Å². The van der Waals surface area contributed by atoms with Crippen molar-refractivity contribution in [2.75, 3.05) is 13.1 Å². The van der Waals surface area contributed by atoms with Crippen molar-refractivity contribution in [3.63, 3.8) is 0 Å². The van der Waals surface area contributed by atoms with Gasteiger partial charge < -0.3 is 0 Å². The van der Waals surface area contributed by atoms with E-state index in [0.29, 0.717) is 0 Å². The van der Waals surface area contributed by atoms with Gasteiger partial charge in [-0.2, -0.15) is 0 Å². The summed E-state index contributed by atoms with van der Waals surface area (Å²) in [5, 5.41) is 0. The Kier molecular flexibility index (Phi) is 9.80. The molecule has 0 aliphatic rings. The van der Waals surface area contributed by atoms with Crippen LogP contribution in [0.25, 0.3) is 0 Å². The van der Waals surface area contributed by atoms with Gasteiger partial charge in [0.25, 0.3) is 0 Å². The molecule has 0 fully saturated rings. The summed E-state index contributed by atoms with van der Waals surface area (Å²) in [5.74, 6) is 0. The van der Waals surface area contributed by atoms with Crippen molar-refractivity contribution in [3.8, 4) is 0 Å². The standard InChI is InChI=1S/C15H34NSi/c1-6-8-12-16(13-9-7-2)14-10-11-15-17(3,4)5/h12H,6-11,13-15H2,1-5H3/q+1. The molecule has 0 bridgehead atoms. The summed E-state index contributed by atoms with van der Waals surface area (Å²) in [6.45, 7) is 14.5. The normalized spacial score (nSPS) is 13.1. The molecule has 0 amide bonds. The zero-order valence-corrected chi connectivity index (χ0v) is 13.9. The minimum Gasteiger partial charge on any atom is -0.240 e. The molecule has 0 unspecified atom stereocenters. The number of hydrogen-bond donors (Lipinski definition) is 0. The predicted octanol–water partition coefficient (Wildman–Crippen LogP) is 4.79. The summed E-state index contributed by atoms with van der Waals surface area (Å²) < 4.78 is 2.57. The third kappa shape index (κ3) is 12.1. The van der Waals surface area contributed by atoms with E-state index in [2.05, 4.69) is 44.3 Å². The first-order valence-corrected chi connectivity index (χ1v) is 11.3. The highest BCUT2D eigenvalue weighted by Gasteiger charge is 2.12. The van der Waals surface area contributed by atoms with Gasteiger partial charge in [-0.25, -0.2) is 4.58 Å². The number of hydrogen-bond acceptors (Lipinski definition) is 0. The molecule has 0 aromatic carbocycles. The van der Waals surface area contributed by atoms with E-state index in [1.54, 1.807) is 0 Å². The monoisotopic (exact) mass is 256 g/mol. The molecule has 1 nitrogen and oxygen atoms in total. The zero-order valence-electron chi connectivity index (χ0n) is 12.9. The van der Waals surface area contributed by atoms with Gasteiger partial charge in [0.05, 0.1) is 0 Å². The maximum atomic E-state index is 2.57. The molecule has 0 saturated carbocycles. The molecule has 0 aromatic heterocycles. The van der Waals surface area contributed by atoms with Gasteiger partial charge in [-0.15, -0.1) is 0 Å². The first-order chi connectivity index (χ1) is 7.99. The number of rotatable bonds is 10. The molecule has 0 aliphatic carbocycles. The number of unbranched alkanes of at least 4 members (excludes halogenated alkanes) is 3. The molecule has 0 spiro atoms. The Balaban J connectivity index is 3.83. The Morgan fingerprint density at radius 2 is 1.53 bits per heavy atom. The van der Waals surface area contributed by atoms with Crippen LogP contribution in [0.15, 0.2) is 0 Å². The Morgan fingerprint density at radius 3 is 2.06 bits per heavy atom. The van der Waals surface area contributed by atoms with Gasteiger partial charge in [0, 0.05) is 27.3 Å². The first kappa shape index (κ1) is 16.9. The van der Waals surface area contributed by atoms with Gasteiger partial charge in [0.15, 0.2) is 0 Å². The van der Waals surface area contributed by atoms with Crippen molar-refractivity contribution < 1.29 is 4.58 Å². The van der Waals surface area contributed by atoms with Crippen LogP contribution in [0.5, 0.6) is 0 Å². The molecular weight excluding hydrogens is 222 g/mol. The van der Waals surface area contributed by atoms with Crippen molar-refractivity contribution >= 4 is 14.3 Å². The van der Waals surface area contributed by atoms with Crippen LogP contribution in [-0.4, -0.2) is 32.0 Å². The Morgan fingerprint density at radius 1 is 0.882 bits per heavy atom. The maximum Gasteiger partial charge on any atom is 0.142 e. The van der Waals surface area contributed by atoms with Crippen LogP contribution in [-0.2, 0) is 0 Å². The van der Waals surface area contributed by atoms with Crippen molar-refractivity contribution in [3.05, 3.63) is 0 Å². The summed E-state index contributed by atoms with van der Waals surface area (Å²) >= 11 is 0. The van der Waals surface area contributed by atoms with Crippen molar-refractivity contribution in [2.24, 2.45) is 0 Å². The van der Waals surface area contributed by atoms with E-state index in [0.717, 1.165) is 0 Å². The fourth-order valence-corrected chi connectivity index (χ4v) is 3.25. The topological polar surface area (TPSA) is 3.01 Å². The molecule has 2 heteroatoms. The summed E-state index contributed by atoms with van der Waals surface area (Å²) in [6.07, 6.45) is 10.4. The quantitative estimate of drug-likeness (QED) is 0.229. The van der Waals surface area contributed by atoms with E-state index in [9.17, 15) is 0 Å². The minimum absolute atomic E-state index is 0.809. The van der Waals surface area contributed by atoms with Gasteiger partial charge in [-0.1, -0.05) is 46.0 Å². The van der Waals surface area contributed by atoms with Crippen LogP contribution in [0.4, 0.5) is 0 Å². The lowest BCUT2D eigenvalue weighted by Crippen LogP contribution is -2.20. The lowest BCUT2D eigenvalue weighted by atomic mass is 10.3. The third-order valence-electron chi connectivity index (χ3n) is 3.10. The molecule has 0 rings (SSSR count). The van der Waals surface area contributed by atoms with Crippen LogP contribution in [0, 0.1) is 0 Å². The van der Waals surface area contributed by atoms with Gasteiger partial charge in [-0.3, -0.25) is 0 Å². The van der Waals surface area contributed by atoms with Gasteiger partial charge in [0.1, 0.15) is 19.3 Å². The summed E-state index contributed by atoms with van der Waals surface area (Å²) in [4.78, 5) is 0. The Bertz CT molecular complexity index is 203. The van der Waals surface area contributed by atoms with Gasteiger partial charge in [0.2, 0.25) is 0 Å². The van der Waals surface area contributed by atoms with Gasteiger partial charge >= 0.3 is 0 Å². The zero-order chi connectivity index (χ0) is 13.1. The maximum absolute atomic E-state index is 2.57. The van der Waals surface area contributed by atoms with Crippen molar-refractivity contribution in [1.82, 2.24) is 0 Å². The second kappa shape index (κ2) is 9.87. The second-order valence-electron chi connectivity index (χ2n) is 6.38. The molecule has 0 aromatic rings. The molecule has 102 valence electrons. The van der Waals surface area contributed by atoms with Crippen LogP contribution in [0.3, 0.4) is 0 Å². The Labute approximate surface area is 110 Å². The molecule has 0 radical (unpaired) electrons. The second-order valence-corrected chi connectivity index (χ2v) is 12.0. The third-order valence-corrected chi connectivity index (χ3v) is 4.95. The molecule has 0 atom stereocenters. The average molecular weight is 257 g/mol. The highest BCUT2D eigenvalue weighted by molar-refractivity contribution is 6.76. The van der Waals surface area contributed by atoms with Crippen LogP contribution >= 0.6 is 0 Å². The predicted molar refractivity (Wildman–Crippen MR) is 83.3 cm³/mol. The highest BCUT2D eigenvalue weighted by atomic mass is 28.3. The average Bonchev–Trinajstić information content (AvgIpc) is 2.25. The van der Waals surface area contributed by atoms with Crippen LogP contribution in [0.1, 0.15) is 52.4 Å². The van der Waals surface area contributed by atoms with Crippen molar-refractivity contribution in [1.29, 1.82) is 0 Å². The molecule has 0 heterocycles. The van der Waals surface area contributed by atoms with E-state index in [4.69, 9.17) is 0 Å². The first-order valence-electron chi connectivity index (χ1n) is 7.57. The highest BCUT2D eigenvalue weighted by Crippen LogP contribution is 2.12. The lowest BCUT2D eigenvalue weighted by molar-refractivity contribution is -0.525. The fraction of sp³-hybridized carbons (Fsp3) is 0.933. The van der Waals surface area contributed by atoms with E-state index in [1.807, 2.05) is 0 Å². The summed E-state index contributed by atoms with van der Waals surface area (Å²) in [7, 11) is -0.809. The molecule has 0 N–H and O–H groups in total. The largest absolute Gasteiger partial charge is 0.240 e. The van der Waals surface area contributed by atoms with E-state index >= 15 is 0 Å². The number of nitrogens with zero attached hydrogens (tertiary/aromatic N) is 1. The molecule has 0 saturated heterocycles. The summed E-state index contributed by atoms with van der Waals surface area (Å²) in [5.41, 5.74) is 0.